The number of aromatic hydroxyl groups is 1. The van der Waals surface area contributed by atoms with Crippen LogP contribution in [0.25, 0.3) is 0 Å². The third kappa shape index (κ3) is 1.94. The molecule has 1 aliphatic heterocycles. The molecule has 0 radical (unpaired) electrons. The molecule has 0 aromatic heterocycles. The van der Waals surface area contributed by atoms with Gasteiger partial charge in [0.05, 0.1) is 12.7 Å². The van der Waals surface area contributed by atoms with Crippen LogP contribution in [0.15, 0.2) is 18.2 Å². The second-order valence-electron chi connectivity index (χ2n) is 5.00. The van der Waals surface area contributed by atoms with Crippen molar-refractivity contribution < 1.29 is 9.84 Å². The fraction of sp³-hybridized carbons (Fsp3) is 0.571. The molecule has 1 saturated heterocycles. The molecule has 0 amide bonds. The van der Waals surface area contributed by atoms with E-state index in [1.54, 1.807) is 0 Å². The van der Waals surface area contributed by atoms with Crippen molar-refractivity contribution in [1.82, 2.24) is 0 Å². The van der Waals surface area contributed by atoms with E-state index in [-0.39, 0.29) is 0 Å². The highest BCUT2D eigenvalue weighted by Gasteiger charge is 2.26. The van der Waals surface area contributed by atoms with Gasteiger partial charge in [0.25, 0.3) is 0 Å². The molecule has 1 aromatic carbocycles. The monoisotopic (exact) mass is 218 g/mol. The molecule has 0 bridgehead atoms. The van der Waals surface area contributed by atoms with Crippen molar-refractivity contribution in [2.45, 2.75) is 44.1 Å². The number of para-hydroxylation sites is 1. The van der Waals surface area contributed by atoms with Crippen LogP contribution in [0.1, 0.15) is 42.7 Å². The van der Waals surface area contributed by atoms with E-state index >= 15 is 0 Å². The number of hydrogen-bond acceptors (Lipinski definition) is 2. The van der Waals surface area contributed by atoms with Crippen LogP contribution in [0, 0.1) is 0 Å². The zero-order chi connectivity index (χ0) is 11.0. The van der Waals surface area contributed by atoms with Gasteiger partial charge >= 0.3 is 0 Å². The maximum atomic E-state index is 10.3. The Bertz CT molecular complexity index is 376. The molecular formula is C14H18O2. The number of rotatable bonds is 3. The molecule has 1 aromatic rings. The first kappa shape index (κ1) is 10.2. The Balaban J connectivity index is 1.85. The lowest BCUT2D eigenvalue weighted by Crippen LogP contribution is -1.98. The Morgan fingerprint density at radius 1 is 1.25 bits per heavy atom. The van der Waals surface area contributed by atoms with Gasteiger partial charge < -0.3 is 9.84 Å². The maximum absolute atomic E-state index is 10.3. The zero-order valence-electron chi connectivity index (χ0n) is 9.48. The molecule has 1 unspecified atom stereocenters. The molecular weight excluding hydrogens is 200 g/mol. The fourth-order valence-electron chi connectivity index (χ4n) is 2.77. The Morgan fingerprint density at radius 3 is 2.69 bits per heavy atom. The Labute approximate surface area is 96.2 Å². The lowest BCUT2D eigenvalue weighted by molar-refractivity contribution is 0.400. The smallest absolute Gasteiger partial charge is 0.122 e. The summed E-state index contributed by atoms with van der Waals surface area (Å²) in [5.41, 5.74) is 2.22. The van der Waals surface area contributed by atoms with Gasteiger partial charge in [-0.25, -0.2) is 0 Å². The zero-order valence-corrected chi connectivity index (χ0v) is 9.48. The normalized spacial score (nSPS) is 24.9. The van der Waals surface area contributed by atoms with E-state index in [4.69, 9.17) is 4.74 Å². The van der Waals surface area contributed by atoms with Crippen LogP contribution in [0.5, 0.6) is 5.75 Å². The summed E-state index contributed by atoms with van der Waals surface area (Å²) in [6.07, 6.45) is 6.30. The van der Waals surface area contributed by atoms with Crippen LogP contribution in [0.2, 0.25) is 0 Å². The topological polar surface area (TPSA) is 32.8 Å². The van der Waals surface area contributed by atoms with Crippen LogP contribution >= 0.6 is 0 Å². The van der Waals surface area contributed by atoms with Gasteiger partial charge in [0.1, 0.15) is 5.75 Å². The van der Waals surface area contributed by atoms with E-state index in [0.29, 0.717) is 17.8 Å². The molecule has 86 valence electrons. The standard InChI is InChI=1S/C14H18O2/c15-14-11(8-12-9-16-12)6-3-7-13(14)10-4-1-2-5-10/h3,6-7,10,12,15H,1-2,4-5,8-9H2. The third-order valence-corrected chi connectivity index (χ3v) is 3.80. The minimum Gasteiger partial charge on any atom is -0.507 e. The van der Waals surface area contributed by atoms with Crippen LogP contribution in [0.4, 0.5) is 0 Å². The van der Waals surface area contributed by atoms with Crippen LogP contribution in [-0.2, 0) is 11.2 Å². The minimum absolute atomic E-state index is 0.352. The van der Waals surface area contributed by atoms with Crippen LogP contribution in [-0.4, -0.2) is 17.8 Å². The largest absolute Gasteiger partial charge is 0.507 e. The lowest BCUT2D eigenvalue weighted by Gasteiger charge is -2.14. The van der Waals surface area contributed by atoms with E-state index in [9.17, 15) is 5.11 Å². The molecule has 2 aliphatic rings. The molecule has 1 saturated carbocycles. The average Bonchev–Trinajstić information content (AvgIpc) is 2.94. The Kier molecular flexibility index (Phi) is 2.60. The Hall–Kier alpha value is -1.02. The molecule has 2 nitrogen and oxygen atoms in total. The average molecular weight is 218 g/mol. The number of epoxide rings is 1. The quantitative estimate of drug-likeness (QED) is 0.791. The molecule has 0 spiro atoms. The van der Waals surface area contributed by atoms with Crippen molar-refractivity contribution in [3.63, 3.8) is 0 Å². The van der Waals surface area contributed by atoms with Gasteiger partial charge in [0.15, 0.2) is 0 Å². The summed E-state index contributed by atoms with van der Waals surface area (Å²) < 4.78 is 5.22. The fourth-order valence-corrected chi connectivity index (χ4v) is 2.77. The van der Waals surface area contributed by atoms with Gasteiger partial charge in [-0.15, -0.1) is 0 Å². The summed E-state index contributed by atoms with van der Waals surface area (Å²) in [6.45, 7) is 0.854. The van der Waals surface area contributed by atoms with E-state index in [2.05, 4.69) is 12.1 Å². The highest BCUT2D eigenvalue weighted by molar-refractivity contribution is 5.43. The molecule has 3 rings (SSSR count). The van der Waals surface area contributed by atoms with Crippen molar-refractivity contribution in [2.24, 2.45) is 0 Å². The summed E-state index contributed by atoms with van der Waals surface area (Å²) in [5, 5.41) is 10.3. The Morgan fingerprint density at radius 2 is 2.00 bits per heavy atom. The van der Waals surface area contributed by atoms with Gasteiger partial charge in [0, 0.05) is 6.42 Å². The summed E-state index contributed by atoms with van der Waals surface area (Å²) >= 11 is 0. The summed E-state index contributed by atoms with van der Waals surface area (Å²) in [4.78, 5) is 0. The molecule has 1 aliphatic carbocycles. The van der Waals surface area contributed by atoms with Crippen molar-refractivity contribution in [1.29, 1.82) is 0 Å². The van der Waals surface area contributed by atoms with E-state index in [1.807, 2.05) is 6.07 Å². The van der Waals surface area contributed by atoms with Crippen molar-refractivity contribution in [2.75, 3.05) is 6.61 Å². The van der Waals surface area contributed by atoms with Gasteiger partial charge in [-0.2, -0.15) is 0 Å². The van der Waals surface area contributed by atoms with Crippen LogP contribution in [0.3, 0.4) is 0 Å². The first-order chi connectivity index (χ1) is 7.84. The predicted molar refractivity (Wildman–Crippen MR) is 62.8 cm³/mol. The first-order valence-corrected chi connectivity index (χ1v) is 6.27. The molecule has 1 heterocycles. The number of ether oxygens (including phenoxy) is 1. The summed E-state index contributed by atoms with van der Waals surface area (Å²) in [7, 11) is 0. The van der Waals surface area contributed by atoms with Gasteiger partial charge in [-0.3, -0.25) is 0 Å². The van der Waals surface area contributed by atoms with E-state index < -0.39 is 0 Å². The van der Waals surface area contributed by atoms with Gasteiger partial charge in [-0.05, 0) is 29.9 Å². The molecule has 16 heavy (non-hydrogen) atoms. The number of benzene rings is 1. The van der Waals surface area contributed by atoms with Crippen molar-refractivity contribution in [3.05, 3.63) is 29.3 Å². The highest BCUT2D eigenvalue weighted by atomic mass is 16.6. The lowest BCUT2D eigenvalue weighted by atomic mass is 9.93. The third-order valence-electron chi connectivity index (χ3n) is 3.80. The summed E-state index contributed by atoms with van der Waals surface area (Å²) in [5.74, 6) is 1.12. The number of phenols is 1. The van der Waals surface area contributed by atoms with Crippen molar-refractivity contribution >= 4 is 0 Å². The number of phenolic OH excluding ortho intramolecular Hbond substituents is 1. The molecule has 2 fully saturated rings. The highest BCUT2D eigenvalue weighted by Crippen LogP contribution is 2.40. The maximum Gasteiger partial charge on any atom is 0.122 e. The van der Waals surface area contributed by atoms with E-state index in [0.717, 1.165) is 24.2 Å². The van der Waals surface area contributed by atoms with Gasteiger partial charge in [0.2, 0.25) is 0 Å². The molecule has 2 heteroatoms. The number of hydrogen-bond donors (Lipinski definition) is 1. The second kappa shape index (κ2) is 4.10. The van der Waals surface area contributed by atoms with Crippen molar-refractivity contribution in [3.8, 4) is 5.75 Å². The molecule has 1 atom stereocenters. The first-order valence-electron chi connectivity index (χ1n) is 6.27. The molecule has 1 N–H and O–H groups in total. The SMILES string of the molecule is Oc1c(CC2CO2)cccc1C1CCCC1. The summed E-state index contributed by atoms with van der Waals surface area (Å²) in [6, 6.07) is 6.18. The van der Waals surface area contributed by atoms with Crippen LogP contribution < -0.4 is 0 Å². The van der Waals surface area contributed by atoms with E-state index in [1.165, 1.54) is 25.7 Å². The predicted octanol–water partition coefficient (Wildman–Crippen LogP) is 2.99. The second-order valence-corrected chi connectivity index (χ2v) is 5.00. The van der Waals surface area contributed by atoms with Gasteiger partial charge in [-0.1, -0.05) is 31.0 Å². The minimum atomic E-state index is 0.352.